The molecule has 0 aliphatic heterocycles. The lowest BCUT2D eigenvalue weighted by atomic mass is 9.75. The fourth-order valence-corrected chi connectivity index (χ4v) is 3.28. The Labute approximate surface area is 145 Å². The Hall–Kier alpha value is -1.55. The second-order valence-corrected chi connectivity index (χ2v) is 6.64. The lowest BCUT2D eigenvalue weighted by Gasteiger charge is -2.35. The van der Waals surface area contributed by atoms with E-state index < -0.39 is 5.60 Å². The van der Waals surface area contributed by atoms with E-state index in [1.807, 2.05) is 31.2 Å². The molecule has 0 unspecified atom stereocenters. The van der Waals surface area contributed by atoms with Gasteiger partial charge in [-0.1, -0.05) is 31.9 Å². The molecule has 1 saturated carbocycles. The molecule has 0 atom stereocenters. The van der Waals surface area contributed by atoms with Crippen molar-refractivity contribution in [3.8, 4) is 5.75 Å². The number of rotatable bonds is 8. The number of carbonyl (C=O) groups excluding carboxylic acids is 1. The summed E-state index contributed by atoms with van der Waals surface area (Å²) in [5.41, 5.74) is 0.0646. The predicted molar refractivity (Wildman–Crippen MR) is 93.9 cm³/mol. The van der Waals surface area contributed by atoms with E-state index in [2.05, 4.69) is 6.92 Å². The highest BCUT2D eigenvalue weighted by Crippen LogP contribution is 2.40. The molecule has 1 N–H and O–H groups in total. The molecule has 0 aromatic heterocycles. The maximum Gasteiger partial charge on any atom is 0.308 e. The highest BCUT2D eigenvalue weighted by molar-refractivity contribution is 5.72. The van der Waals surface area contributed by atoms with Crippen molar-refractivity contribution in [1.82, 2.24) is 0 Å². The van der Waals surface area contributed by atoms with Gasteiger partial charge in [0.25, 0.3) is 0 Å². The zero-order chi connectivity index (χ0) is 17.4. The summed E-state index contributed by atoms with van der Waals surface area (Å²) < 4.78 is 10.8. The van der Waals surface area contributed by atoms with Gasteiger partial charge in [0, 0.05) is 0 Å². The molecule has 4 nitrogen and oxygen atoms in total. The van der Waals surface area contributed by atoms with Crippen LogP contribution in [0.3, 0.4) is 0 Å². The molecule has 1 fully saturated rings. The number of aliphatic hydroxyl groups is 1. The van der Waals surface area contributed by atoms with Crippen LogP contribution < -0.4 is 4.74 Å². The van der Waals surface area contributed by atoms with Gasteiger partial charge in [0.2, 0.25) is 0 Å². The molecule has 0 saturated heterocycles. The molecule has 0 radical (unpaired) electrons. The highest BCUT2D eigenvalue weighted by atomic mass is 16.5. The molecule has 1 aromatic rings. The van der Waals surface area contributed by atoms with Gasteiger partial charge >= 0.3 is 5.97 Å². The fourth-order valence-electron chi connectivity index (χ4n) is 3.28. The van der Waals surface area contributed by atoms with Crippen LogP contribution in [0, 0.1) is 5.92 Å². The zero-order valence-corrected chi connectivity index (χ0v) is 14.9. The van der Waals surface area contributed by atoms with Crippen LogP contribution in [0.2, 0.25) is 0 Å². The van der Waals surface area contributed by atoms with Crippen molar-refractivity contribution in [2.45, 2.75) is 64.4 Å². The molecular weight excluding hydrogens is 304 g/mol. The molecule has 0 heterocycles. The number of unbranched alkanes of at least 4 members (excludes halogenated alkanes) is 2. The first kappa shape index (κ1) is 18.8. The van der Waals surface area contributed by atoms with E-state index in [-0.39, 0.29) is 11.9 Å². The molecule has 0 bridgehead atoms. The van der Waals surface area contributed by atoms with Gasteiger partial charge in [-0.15, -0.1) is 0 Å². The van der Waals surface area contributed by atoms with E-state index in [1.54, 1.807) is 0 Å². The number of hydrogen-bond acceptors (Lipinski definition) is 4. The van der Waals surface area contributed by atoms with Gasteiger partial charge in [0.15, 0.2) is 0 Å². The maximum absolute atomic E-state index is 11.8. The molecule has 24 heavy (non-hydrogen) atoms. The zero-order valence-electron chi connectivity index (χ0n) is 14.9. The van der Waals surface area contributed by atoms with Crippen LogP contribution in [0.5, 0.6) is 5.75 Å². The van der Waals surface area contributed by atoms with Crippen LogP contribution in [0.15, 0.2) is 24.3 Å². The number of carbonyl (C=O) groups is 1. The molecule has 2 rings (SSSR count). The number of esters is 1. The summed E-state index contributed by atoms with van der Waals surface area (Å²) in [4.78, 5) is 11.8. The van der Waals surface area contributed by atoms with Crippen molar-refractivity contribution in [3.05, 3.63) is 29.8 Å². The second kappa shape index (κ2) is 9.07. The minimum atomic E-state index is -0.844. The standard InChI is InChI=1S/C20H30O4/c1-3-5-6-15-24-18-9-7-17(8-10-18)20(22)13-11-16(12-14-20)19(21)23-4-2/h7-10,16,22H,3-6,11-15H2,1-2H3. The number of hydrogen-bond donors (Lipinski definition) is 1. The summed E-state index contributed by atoms with van der Waals surface area (Å²) in [6.45, 7) is 5.15. The van der Waals surface area contributed by atoms with Crippen molar-refractivity contribution in [1.29, 1.82) is 0 Å². The minimum absolute atomic E-state index is 0.0774. The molecule has 1 aliphatic rings. The Morgan fingerprint density at radius 3 is 2.42 bits per heavy atom. The van der Waals surface area contributed by atoms with E-state index >= 15 is 0 Å². The van der Waals surface area contributed by atoms with Crippen molar-refractivity contribution in [2.24, 2.45) is 5.92 Å². The third-order valence-corrected chi connectivity index (χ3v) is 4.84. The molecule has 134 valence electrons. The van der Waals surface area contributed by atoms with Crippen molar-refractivity contribution >= 4 is 5.97 Å². The first-order chi connectivity index (χ1) is 11.6. The second-order valence-electron chi connectivity index (χ2n) is 6.64. The van der Waals surface area contributed by atoms with Gasteiger partial charge in [-0.25, -0.2) is 0 Å². The smallest absolute Gasteiger partial charge is 0.308 e. The summed E-state index contributed by atoms with van der Waals surface area (Å²) in [6.07, 6.45) is 5.95. The van der Waals surface area contributed by atoms with Gasteiger partial charge < -0.3 is 14.6 Å². The molecule has 1 aliphatic carbocycles. The van der Waals surface area contributed by atoms with Crippen LogP contribution in [0.4, 0.5) is 0 Å². The minimum Gasteiger partial charge on any atom is -0.494 e. The Bertz CT molecular complexity index is 501. The molecule has 0 amide bonds. The van der Waals surface area contributed by atoms with Gasteiger partial charge in [0.1, 0.15) is 5.75 Å². The summed E-state index contributed by atoms with van der Waals surface area (Å²) in [7, 11) is 0. The highest BCUT2D eigenvalue weighted by Gasteiger charge is 2.37. The Morgan fingerprint density at radius 2 is 1.83 bits per heavy atom. The Morgan fingerprint density at radius 1 is 1.17 bits per heavy atom. The van der Waals surface area contributed by atoms with E-state index in [9.17, 15) is 9.90 Å². The number of benzene rings is 1. The van der Waals surface area contributed by atoms with Crippen LogP contribution >= 0.6 is 0 Å². The topological polar surface area (TPSA) is 55.8 Å². The van der Waals surface area contributed by atoms with E-state index in [0.717, 1.165) is 24.3 Å². The van der Waals surface area contributed by atoms with Gasteiger partial charge in [-0.2, -0.15) is 0 Å². The van der Waals surface area contributed by atoms with Crippen LogP contribution in [-0.2, 0) is 15.1 Å². The molecule has 0 spiro atoms. The number of ether oxygens (including phenoxy) is 2. The van der Waals surface area contributed by atoms with Crippen molar-refractivity contribution < 1.29 is 19.4 Å². The Kier molecular flexibility index (Phi) is 7.10. The summed E-state index contributed by atoms with van der Waals surface area (Å²) >= 11 is 0. The lowest BCUT2D eigenvalue weighted by Crippen LogP contribution is -2.34. The third kappa shape index (κ3) is 4.97. The largest absolute Gasteiger partial charge is 0.494 e. The van der Waals surface area contributed by atoms with E-state index in [1.165, 1.54) is 12.8 Å². The third-order valence-electron chi connectivity index (χ3n) is 4.84. The van der Waals surface area contributed by atoms with Crippen molar-refractivity contribution in [2.75, 3.05) is 13.2 Å². The quantitative estimate of drug-likeness (QED) is 0.572. The normalized spacial score (nSPS) is 23.7. The summed E-state index contributed by atoms with van der Waals surface area (Å²) in [6, 6.07) is 7.74. The molecule has 4 heteroatoms. The first-order valence-corrected chi connectivity index (χ1v) is 9.21. The van der Waals surface area contributed by atoms with Crippen LogP contribution in [0.25, 0.3) is 0 Å². The molecular formula is C20H30O4. The predicted octanol–water partition coefficient (Wildman–Crippen LogP) is 4.20. The Balaban J connectivity index is 1.88. The van der Waals surface area contributed by atoms with Gasteiger partial charge in [-0.3, -0.25) is 4.79 Å². The maximum atomic E-state index is 11.8. The van der Waals surface area contributed by atoms with E-state index in [0.29, 0.717) is 32.3 Å². The summed E-state index contributed by atoms with van der Waals surface area (Å²) in [5, 5.41) is 10.9. The SMILES string of the molecule is CCCCCOc1ccc(C2(O)CCC(C(=O)OCC)CC2)cc1. The van der Waals surface area contributed by atoms with Crippen LogP contribution in [0.1, 0.15) is 64.4 Å². The average Bonchev–Trinajstić information content (AvgIpc) is 2.60. The fraction of sp³-hybridized carbons (Fsp3) is 0.650. The summed E-state index contributed by atoms with van der Waals surface area (Å²) in [5.74, 6) is 0.639. The van der Waals surface area contributed by atoms with Gasteiger partial charge in [-0.05, 0) is 56.7 Å². The monoisotopic (exact) mass is 334 g/mol. The first-order valence-electron chi connectivity index (χ1n) is 9.21. The van der Waals surface area contributed by atoms with E-state index in [4.69, 9.17) is 9.47 Å². The average molecular weight is 334 g/mol. The van der Waals surface area contributed by atoms with Crippen molar-refractivity contribution in [3.63, 3.8) is 0 Å². The van der Waals surface area contributed by atoms with Gasteiger partial charge in [0.05, 0.1) is 24.7 Å². The lowest BCUT2D eigenvalue weighted by molar-refractivity contribution is -0.151. The molecule has 1 aromatic carbocycles. The van der Waals surface area contributed by atoms with Crippen LogP contribution in [-0.4, -0.2) is 24.3 Å².